The van der Waals surface area contributed by atoms with E-state index in [2.05, 4.69) is 0 Å². The van der Waals surface area contributed by atoms with Crippen molar-refractivity contribution in [2.45, 2.75) is 6.10 Å². The second kappa shape index (κ2) is 5.13. The zero-order chi connectivity index (χ0) is 12.1. The van der Waals surface area contributed by atoms with Gasteiger partial charge in [-0.1, -0.05) is 18.2 Å². The lowest BCUT2D eigenvalue weighted by Crippen LogP contribution is -2.15. The number of ether oxygens (including phenoxy) is 1. The van der Waals surface area contributed by atoms with E-state index < -0.39 is 24.6 Å². The van der Waals surface area contributed by atoms with Crippen molar-refractivity contribution in [3.8, 4) is 5.75 Å². The Kier molecular flexibility index (Phi) is 3.84. The van der Waals surface area contributed by atoms with E-state index in [9.17, 15) is 14.7 Å². The molecule has 0 aliphatic carbocycles. The molecule has 0 aromatic heterocycles. The van der Waals surface area contributed by atoms with Gasteiger partial charge in [-0.25, -0.2) is 9.59 Å². The number of rotatable bonds is 5. The van der Waals surface area contributed by atoms with E-state index in [1.807, 2.05) is 0 Å². The van der Waals surface area contributed by atoms with Crippen molar-refractivity contribution in [3.63, 3.8) is 0 Å². The Morgan fingerprint density at radius 3 is 2.44 bits per heavy atom. The van der Waals surface area contributed by atoms with Gasteiger partial charge in [0.15, 0.2) is 12.7 Å². The molecule has 1 unspecified atom stereocenters. The number of aliphatic carboxylic acids is 2. The molecule has 3 N–H and O–H groups in total. The van der Waals surface area contributed by atoms with Gasteiger partial charge < -0.3 is 20.1 Å². The van der Waals surface area contributed by atoms with Crippen LogP contribution in [0, 0.1) is 0 Å². The van der Waals surface area contributed by atoms with Crippen LogP contribution in [-0.4, -0.2) is 33.9 Å². The summed E-state index contributed by atoms with van der Waals surface area (Å²) in [6.45, 7) is -0.594. The maximum atomic E-state index is 10.6. The van der Waals surface area contributed by atoms with Crippen molar-refractivity contribution in [3.05, 3.63) is 29.8 Å². The predicted octanol–water partition coefficient (Wildman–Crippen LogP) is 0.268. The minimum Gasteiger partial charge on any atom is -0.482 e. The molecule has 6 nitrogen and oxygen atoms in total. The van der Waals surface area contributed by atoms with E-state index in [4.69, 9.17) is 14.9 Å². The third kappa shape index (κ3) is 2.96. The first-order chi connectivity index (χ1) is 7.52. The molecule has 0 aliphatic heterocycles. The van der Waals surface area contributed by atoms with E-state index in [-0.39, 0.29) is 11.3 Å². The van der Waals surface area contributed by atoms with Crippen LogP contribution in [0.4, 0.5) is 0 Å². The normalized spacial score (nSPS) is 11.8. The van der Waals surface area contributed by atoms with Gasteiger partial charge >= 0.3 is 11.9 Å². The van der Waals surface area contributed by atoms with Crippen molar-refractivity contribution in [2.24, 2.45) is 0 Å². The van der Waals surface area contributed by atoms with Crippen molar-refractivity contribution in [1.82, 2.24) is 0 Å². The number of para-hydroxylation sites is 1. The smallest absolute Gasteiger partial charge is 0.341 e. The third-order valence-electron chi connectivity index (χ3n) is 1.80. The van der Waals surface area contributed by atoms with Crippen LogP contribution in [0.1, 0.15) is 11.7 Å². The highest BCUT2D eigenvalue weighted by Crippen LogP contribution is 2.24. The van der Waals surface area contributed by atoms with Gasteiger partial charge in [0.2, 0.25) is 0 Å². The molecule has 86 valence electrons. The molecule has 0 aliphatic rings. The summed E-state index contributed by atoms with van der Waals surface area (Å²) in [6, 6.07) is 5.82. The molecule has 0 bridgehead atoms. The summed E-state index contributed by atoms with van der Waals surface area (Å²) in [7, 11) is 0. The van der Waals surface area contributed by atoms with E-state index in [0.717, 1.165) is 0 Å². The van der Waals surface area contributed by atoms with Crippen LogP contribution in [0.25, 0.3) is 0 Å². The Labute approximate surface area is 90.7 Å². The van der Waals surface area contributed by atoms with E-state index in [1.165, 1.54) is 18.2 Å². The molecule has 1 aromatic carbocycles. The molecule has 0 amide bonds. The molecule has 0 fully saturated rings. The molecule has 6 heteroatoms. The van der Waals surface area contributed by atoms with Crippen molar-refractivity contribution < 1.29 is 29.6 Å². The lowest BCUT2D eigenvalue weighted by molar-refractivity contribution is -0.147. The van der Waals surface area contributed by atoms with Crippen LogP contribution in [0.15, 0.2) is 24.3 Å². The number of aliphatic hydroxyl groups excluding tert-OH is 1. The lowest BCUT2D eigenvalue weighted by Gasteiger charge is -2.11. The fraction of sp³-hybridized carbons (Fsp3) is 0.200. The minimum absolute atomic E-state index is 0.0243. The zero-order valence-electron chi connectivity index (χ0n) is 8.16. The maximum absolute atomic E-state index is 10.6. The maximum Gasteiger partial charge on any atom is 0.341 e. The number of carboxylic acids is 2. The molecular formula is C10H10O6. The fourth-order valence-corrected chi connectivity index (χ4v) is 1.11. The Morgan fingerprint density at radius 2 is 1.88 bits per heavy atom. The minimum atomic E-state index is -1.73. The summed E-state index contributed by atoms with van der Waals surface area (Å²) in [6.07, 6.45) is -1.73. The first-order valence-electron chi connectivity index (χ1n) is 4.36. The van der Waals surface area contributed by atoms with Crippen molar-refractivity contribution >= 4 is 11.9 Å². The summed E-state index contributed by atoms with van der Waals surface area (Å²) in [4.78, 5) is 20.9. The van der Waals surface area contributed by atoms with Gasteiger partial charge in [0.1, 0.15) is 5.75 Å². The second-order valence-corrected chi connectivity index (χ2v) is 2.96. The molecule has 1 rings (SSSR count). The van der Waals surface area contributed by atoms with Gasteiger partial charge in [0, 0.05) is 5.56 Å². The number of carboxylic acid groups (broad SMARTS) is 2. The summed E-state index contributed by atoms with van der Waals surface area (Å²) < 4.78 is 4.85. The van der Waals surface area contributed by atoms with Gasteiger partial charge in [0.25, 0.3) is 0 Å². The van der Waals surface area contributed by atoms with Gasteiger partial charge in [0.05, 0.1) is 0 Å². The number of aliphatic hydroxyl groups is 1. The molecule has 16 heavy (non-hydrogen) atoms. The number of benzene rings is 1. The summed E-state index contributed by atoms with van der Waals surface area (Å²) in [5.41, 5.74) is 0.0243. The first kappa shape index (κ1) is 12.0. The molecule has 0 saturated carbocycles. The number of hydrogen-bond acceptors (Lipinski definition) is 4. The monoisotopic (exact) mass is 226 g/mol. The Hall–Kier alpha value is -2.08. The average molecular weight is 226 g/mol. The van der Waals surface area contributed by atoms with E-state index in [1.54, 1.807) is 6.07 Å². The van der Waals surface area contributed by atoms with Gasteiger partial charge in [-0.2, -0.15) is 0 Å². The van der Waals surface area contributed by atoms with Gasteiger partial charge in [-0.15, -0.1) is 0 Å². The highest BCUT2D eigenvalue weighted by molar-refractivity contribution is 5.75. The molecule has 0 radical (unpaired) electrons. The van der Waals surface area contributed by atoms with E-state index in [0.29, 0.717) is 0 Å². The molecule has 0 spiro atoms. The fourth-order valence-electron chi connectivity index (χ4n) is 1.11. The molecule has 0 heterocycles. The topological polar surface area (TPSA) is 104 Å². The molecule has 1 atom stereocenters. The van der Waals surface area contributed by atoms with Crippen LogP contribution in [0.2, 0.25) is 0 Å². The number of carbonyl (C=O) groups is 2. The molecule has 1 aromatic rings. The Bertz CT molecular complexity index is 400. The summed E-state index contributed by atoms with van der Waals surface area (Å²) in [5, 5.41) is 26.3. The summed E-state index contributed by atoms with van der Waals surface area (Å²) >= 11 is 0. The van der Waals surface area contributed by atoms with E-state index >= 15 is 0 Å². The summed E-state index contributed by atoms with van der Waals surface area (Å²) in [5.74, 6) is -2.56. The standard InChI is InChI=1S/C10H10O6/c11-8(12)5-16-7-4-2-1-3-6(7)9(13)10(14)15/h1-4,9,13H,5H2,(H,11,12)(H,14,15). The van der Waals surface area contributed by atoms with Crippen LogP contribution in [-0.2, 0) is 9.59 Å². The first-order valence-corrected chi connectivity index (χ1v) is 4.36. The van der Waals surface area contributed by atoms with Crippen molar-refractivity contribution in [1.29, 1.82) is 0 Å². The van der Waals surface area contributed by atoms with Crippen LogP contribution >= 0.6 is 0 Å². The quantitative estimate of drug-likeness (QED) is 0.665. The molecular weight excluding hydrogens is 216 g/mol. The number of hydrogen-bond donors (Lipinski definition) is 3. The average Bonchev–Trinajstić information content (AvgIpc) is 2.25. The van der Waals surface area contributed by atoms with Crippen molar-refractivity contribution in [2.75, 3.05) is 6.61 Å². The highest BCUT2D eigenvalue weighted by atomic mass is 16.5. The van der Waals surface area contributed by atoms with Crippen LogP contribution in [0.5, 0.6) is 5.75 Å². The van der Waals surface area contributed by atoms with Gasteiger partial charge in [-0.3, -0.25) is 0 Å². The second-order valence-electron chi connectivity index (χ2n) is 2.96. The SMILES string of the molecule is O=C(O)COc1ccccc1C(O)C(=O)O. The third-order valence-corrected chi connectivity index (χ3v) is 1.80. The van der Waals surface area contributed by atoms with Crippen LogP contribution in [0.3, 0.4) is 0 Å². The van der Waals surface area contributed by atoms with Crippen LogP contribution < -0.4 is 4.74 Å². The Balaban J connectivity index is 2.91. The predicted molar refractivity (Wildman–Crippen MR) is 52.2 cm³/mol. The lowest BCUT2D eigenvalue weighted by atomic mass is 10.1. The molecule has 0 saturated heterocycles. The Morgan fingerprint density at radius 1 is 1.25 bits per heavy atom. The zero-order valence-corrected chi connectivity index (χ0v) is 8.16. The largest absolute Gasteiger partial charge is 0.482 e. The van der Waals surface area contributed by atoms with Gasteiger partial charge in [-0.05, 0) is 6.07 Å². The highest BCUT2D eigenvalue weighted by Gasteiger charge is 2.20.